The molecule has 0 radical (unpaired) electrons. The smallest absolute Gasteiger partial charge is 0.119 e. The first-order valence-corrected chi connectivity index (χ1v) is 9.75. The maximum atomic E-state index is 5.58. The van der Waals surface area contributed by atoms with E-state index < -0.39 is 0 Å². The van der Waals surface area contributed by atoms with Gasteiger partial charge >= 0.3 is 0 Å². The number of hydrogen-bond acceptors (Lipinski definition) is 3. The lowest BCUT2D eigenvalue weighted by Gasteiger charge is -2.30. The standard InChI is InChI=1S/C23H30N2O/c1-4-26-21-12-10-20(11-13-21)25-17-22(2)15-24(16-23(22,3)18-25)14-19-8-6-5-7-9-19/h5-13H,4,14-18H2,1-3H3. The van der Waals surface area contributed by atoms with Gasteiger partial charge in [0.2, 0.25) is 0 Å². The molecule has 4 rings (SSSR count). The fraction of sp³-hybridized carbons (Fsp3) is 0.478. The molecule has 0 spiro atoms. The minimum absolute atomic E-state index is 0.334. The predicted molar refractivity (Wildman–Crippen MR) is 108 cm³/mol. The molecule has 3 nitrogen and oxygen atoms in total. The molecule has 0 N–H and O–H groups in total. The molecular weight excluding hydrogens is 320 g/mol. The first-order chi connectivity index (χ1) is 12.5. The highest BCUT2D eigenvalue weighted by Gasteiger charge is 2.57. The van der Waals surface area contributed by atoms with Gasteiger partial charge in [0.1, 0.15) is 5.75 Å². The van der Waals surface area contributed by atoms with Gasteiger partial charge in [0.05, 0.1) is 6.61 Å². The second kappa shape index (κ2) is 6.62. The summed E-state index contributed by atoms with van der Waals surface area (Å²) in [4.78, 5) is 5.21. The normalized spacial score (nSPS) is 28.3. The van der Waals surface area contributed by atoms with Gasteiger partial charge in [-0.15, -0.1) is 0 Å². The van der Waals surface area contributed by atoms with E-state index >= 15 is 0 Å². The van der Waals surface area contributed by atoms with Crippen molar-refractivity contribution in [2.45, 2.75) is 27.3 Å². The Morgan fingerprint density at radius 2 is 1.46 bits per heavy atom. The fourth-order valence-electron chi connectivity index (χ4n) is 4.86. The van der Waals surface area contributed by atoms with Gasteiger partial charge in [0, 0.05) is 49.2 Å². The van der Waals surface area contributed by atoms with Crippen molar-refractivity contribution in [3.05, 3.63) is 60.2 Å². The van der Waals surface area contributed by atoms with Crippen LogP contribution in [0.2, 0.25) is 0 Å². The van der Waals surface area contributed by atoms with Crippen LogP contribution in [-0.2, 0) is 6.54 Å². The molecule has 2 heterocycles. The lowest BCUT2D eigenvalue weighted by atomic mass is 9.71. The van der Waals surface area contributed by atoms with E-state index in [2.05, 4.69) is 78.2 Å². The molecule has 3 heteroatoms. The van der Waals surface area contributed by atoms with Crippen LogP contribution in [0.5, 0.6) is 5.75 Å². The first-order valence-electron chi connectivity index (χ1n) is 9.75. The number of benzene rings is 2. The number of fused-ring (bicyclic) bond motifs is 1. The van der Waals surface area contributed by atoms with Crippen LogP contribution in [-0.4, -0.2) is 37.7 Å². The molecule has 0 saturated carbocycles. The minimum Gasteiger partial charge on any atom is -0.494 e. The second-order valence-corrected chi connectivity index (χ2v) is 8.54. The Balaban J connectivity index is 1.45. The number of rotatable bonds is 5. The highest BCUT2D eigenvalue weighted by atomic mass is 16.5. The Kier molecular flexibility index (Phi) is 4.44. The number of likely N-dealkylation sites (tertiary alicyclic amines) is 1. The topological polar surface area (TPSA) is 15.7 Å². The van der Waals surface area contributed by atoms with Gasteiger partial charge in [-0.05, 0) is 36.8 Å². The van der Waals surface area contributed by atoms with Gasteiger partial charge in [-0.25, -0.2) is 0 Å². The van der Waals surface area contributed by atoms with E-state index in [-0.39, 0.29) is 0 Å². The van der Waals surface area contributed by atoms with Gasteiger partial charge in [0.25, 0.3) is 0 Å². The molecule has 0 bridgehead atoms. The maximum absolute atomic E-state index is 5.58. The van der Waals surface area contributed by atoms with Gasteiger partial charge in [-0.2, -0.15) is 0 Å². The molecule has 0 aromatic heterocycles. The van der Waals surface area contributed by atoms with Crippen molar-refractivity contribution in [3.8, 4) is 5.75 Å². The van der Waals surface area contributed by atoms with Crippen LogP contribution < -0.4 is 9.64 Å². The van der Waals surface area contributed by atoms with E-state index in [1.807, 2.05) is 6.92 Å². The Bertz CT molecular complexity index is 725. The molecule has 2 saturated heterocycles. The van der Waals surface area contributed by atoms with E-state index in [4.69, 9.17) is 4.74 Å². The molecule has 26 heavy (non-hydrogen) atoms. The minimum atomic E-state index is 0.334. The summed E-state index contributed by atoms with van der Waals surface area (Å²) >= 11 is 0. The highest BCUT2D eigenvalue weighted by molar-refractivity contribution is 5.51. The van der Waals surface area contributed by atoms with Crippen LogP contribution in [0, 0.1) is 10.8 Å². The lowest BCUT2D eigenvalue weighted by Crippen LogP contribution is -2.34. The van der Waals surface area contributed by atoms with Crippen molar-refractivity contribution in [3.63, 3.8) is 0 Å². The maximum Gasteiger partial charge on any atom is 0.119 e. The summed E-state index contributed by atoms with van der Waals surface area (Å²) in [6, 6.07) is 19.5. The molecule has 0 aliphatic carbocycles. The molecule has 2 aliphatic rings. The summed E-state index contributed by atoms with van der Waals surface area (Å²) in [6.07, 6.45) is 0. The van der Waals surface area contributed by atoms with Gasteiger partial charge in [0.15, 0.2) is 0 Å². The van der Waals surface area contributed by atoms with Crippen LogP contribution in [0.15, 0.2) is 54.6 Å². The Labute approximate surface area is 157 Å². The molecular formula is C23H30N2O. The molecule has 2 aromatic rings. The zero-order valence-electron chi connectivity index (χ0n) is 16.2. The lowest BCUT2D eigenvalue weighted by molar-refractivity contribution is 0.212. The third-order valence-electron chi connectivity index (χ3n) is 6.44. The number of ether oxygens (including phenoxy) is 1. The van der Waals surface area contributed by atoms with Crippen LogP contribution in [0.3, 0.4) is 0 Å². The second-order valence-electron chi connectivity index (χ2n) is 8.54. The monoisotopic (exact) mass is 350 g/mol. The molecule has 0 amide bonds. The third kappa shape index (κ3) is 3.09. The largest absolute Gasteiger partial charge is 0.494 e. The third-order valence-corrected chi connectivity index (χ3v) is 6.44. The molecule has 138 valence electrons. The summed E-state index contributed by atoms with van der Waals surface area (Å²) in [7, 11) is 0. The number of nitrogens with zero attached hydrogens (tertiary/aromatic N) is 2. The zero-order chi connectivity index (χ0) is 18.2. The Hall–Kier alpha value is -2.00. The molecule has 2 aromatic carbocycles. The van der Waals surface area contributed by atoms with Crippen molar-refractivity contribution in [1.82, 2.24) is 4.90 Å². The quantitative estimate of drug-likeness (QED) is 0.793. The van der Waals surface area contributed by atoms with E-state index in [9.17, 15) is 0 Å². The average Bonchev–Trinajstić information content (AvgIpc) is 3.00. The molecule has 2 atom stereocenters. The molecule has 2 unspecified atom stereocenters. The van der Waals surface area contributed by atoms with Crippen molar-refractivity contribution >= 4 is 5.69 Å². The van der Waals surface area contributed by atoms with Crippen molar-refractivity contribution in [2.75, 3.05) is 37.7 Å². The predicted octanol–water partition coefficient (Wildman–Crippen LogP) is 4.43. The highest BCUT2D eigenvalue weighted by Crippen LogP contribution is 2.52. The van der Waals surface area contributed by atoms with E-state index in [1.54, 1.807) is 0 Å². The first kappa shape index (κ1) is 17.4. The van der Waals surface area contributed by atoms with Crippen molar-refractivity contribution < 1.29 is 4.74 Å². The zero-order valence-corrected chi connectivity index (χ0v) is 16.2. The van der Waals surface area contributed by atoms with E-state index in [0.29, 0.717) is 10.8 Å². The van der Waals surface area contributed by atoms with Gasteiger partial charge < -0.3 is 9.64 Å². The summed E-state index contributed by atoms with van der Waals surface area (Å²) in [5.41, 5.74) is 3.41. The van der Waals surface area contributed by atoms with Gasteiger partial charge in [-0.1, -0.05) is 44.2 Å². The molecule has 2 fully saturated rings. The number of anilines is 1. The van der Waals surface area contributed by atoms with Crippen LogP contribution in [0.4, 0.5) is 5.69 Å². The van der Waals surface area contributed by atoms with Gasteiger partial charge in [-0.3, -0.25) is 4.90 Å². The fourth-order valence-corrected chi connectivity index (χ4v) is 4.86. The average molecular weight is 351 g/mol. The summed E-state index contributed by atoms with van der Waals surface area (Å²) in [5, 5.41) is 0. The van der Waals surface area contributed by atoms with Crippen molar-refractivity contribution in [1.29, 1.82) is 0 Å². The molecule has 2 aliphatic heterocycles. The SMILES string of the molecule is CCOc1ccc(N2CC3(C)CN(Cc4ccccc4)CC3(C)C2)cc1. The summed E-state index contributed by atoms with van der Waals surface area (Å²) in [5.74, 6) is 0.960. The van der Waals surface area contributed by atoms with Crippen LogP contribution >= 0.6 is 0 Å². The summed E-state index contributed by atoms with van der Waals surface area (Å²) < 4.78 is 5.58. The van der Waals surface area contributed by atoms with E-state index in [1.165, 1.54) is 24.3 Å². The number of hydrogen-bond donors (Lipinski definition) is 0. The Morgan fingerprint density at radius 1 is 0.846 bits per heavy atom. The Morgan fingerprint density at radius 3 is 2.04 bits per heavy atom. The van der Waals surface area contributed by atoms with Crippen LogP contribution in [0.1, 0.15) is 26.3 Å². The van der Waals surface area contributed by atoms with Crippen LogP contribution in [0.25, 0.3) is 0 Å². The summed E-state index contributed by atoms with van der Waals surface area (Å²) in [6.45, 7) is 13.4. The van der Waals surface area contributed by atoms with Crippen molar-refractivity contribution in [2.24, 2.45) is 10.8 Å². The van der Waals surface area contributed by atoms with E-state index in [0.717, 1.165) is 32.0 Å².